The molecular formula is C13H28KO4S+. The Bertz CT molecular complexity index is 268. The summed E-state index contributed by atoms with van der Waals surface area (Å²) in [6.07, 6.45) is 13.3. The second-order valence-corrected chi connectivity index (χ2v) is 5.88. The SMILES string of the molecule is CCCCCCCCCCCCCOS(=O)(=O)O.[K+]. The summed E-state index contributed by atoms with van der Waals surface area (Å²) in [5.41, 5.74) is 0. The van der Waals surface area contributed by atoms with Crippen LogP contribution >= 0.6 is 0 Å². The molecule has 0 bridgehead atoms. The van der Waals surface area contributed by atoms with Gasteiger partial charge in [0.15, 0.2) is 0 Å². The molecule has 0 aliphatic carbocycles. The van der Waals surface area contributed by atoms with Crippen molar-refractivity contribution in [3.8, 4) is 0 Å². The Morgan fingerprint density at radius 2 is 1.16 bits per heavy atom. The van der Waals surface area contributed by atoms with Crippen molar-refractivity contribution in [2.45, 2.75) is 77.6 Å². The van der Waals surface area contributed by atoms with E-state index in [4.69, 9.17) is 4.55 Å². The fourth-order valence-electron chi connectivity index (χ4n) is 1.93. The van der Waals surface area contributed by atoms with E-state index in [0.29, 0.717) is 6.42 Å². The molecule has 0 radical (unpaired) electrons. The van der Waals surface area contributed by atoms with Crippen LogP contribution in [0.4, 0.5) is 0 Å². The molecule has 0 aromatic carbocycles. The molecule has 19 heavy (non-hydrogen) atoms. The molecule has 0 aliphatic rings. The van der Waals surface area contributed by atoms with E-state index in [0.717, 1.165) is 12.8 Å². The van der Waals surface area contributed by atoms with Crippen LogP contribution in [0.5, 0.6) is 0 Å². The van der Waals surface area contributed by atoms with Crippen LogP contribution in [0.15, 0.2) is 0 Å². The smallest absolute Gasteiger partial charge is 0.264 e. The van der Waals surface area contributed by atoms with E-state index >= 15 is 0 Å². The Kier molecular flexibility index (Phi) is 19.0. The van der Waals surface area contributed by atoms with Crippen LogP contribution in [-0.2, 0) is 14.6 Å². The predicted molar refractivity (Wildman–Crippen MR) is 74.0 cm³/mol. The second-order valence-electron chi connectivity index (χ2n) is 4.79. The van der Waals surface area contributed by atoms with Crippen molar-refractivity contribution in [3.63, 3.8) is 0 Å². The van der Waals surface area contributed by atoms with Gasteiger partial charge < -0.3 is 0 Å². The zero-order chi connectivity index (χ0) is 13.7. The minimum Gasteiger partial charge on any atom is -0.264 e. The van der Waals surface area contributed by atoms with E-state index in [-0.39, 0.29) is 58.0 Å². The third-order valence-corrected chi connectivity index (χ3v) is 3.44. The van der Waals surface area contributed by atoms with Gasteiger partial charge >= 0.3 is 61.8 Å². The van der Waals surface area contributed by atoms with Crippen LogP contribution in [0.3, 0.4) is 0 Å². The topological polar surface area (TPSA) is 63.6 Å². The van der Waals surface area contributed by atoms with Crippen molar-refractivity contribution in [1.29, 1.82) is 0 Å². The number of unbranched alkanes of at least 4 members (excludes halogenated alkanes) is 10. The third kappa shape index (κ3) is 21.9. The molecule has 0 unspecified atom stereocenters. The molecule has 4 nitrogen and oxygen atoms in total. The molecule has 0 aliphatic heterocycles. The molecule has 0 rings (SSSR count). The number of hydrogen-bond acceptors (Lipinski definition) is 3. The first-order valence-corrected chi connectivity index (χ1v) is 8.54. The van der Waals surface area contributed by atoms with Gasteiger partial charge in [0, 0.05) is 0 Å². The van der Waals surface area contributed by atoms with Crippen molar-refractivity contribution in [1.82, 2.24) is 0 Å². The van der Waals surface area contributed by atoms with Gasteiger partial charge in [-0.2, -0.15) is 8.42 Å². The van der Waals surface area contributed by atoms with E-state index in [9.17, 15) is 8.42 Å². The summed E-state index contributed by atoms with van der Waals surface area (Å²) in [5.74, 6) is 0. The second kappa shape index (κ2) is 15.9. The standard InChI is InChI=1S/C13H28O4S.K/c1-2-3-4-5-6-7-8-9-10-11-12-13-17-18(14,15)16;/h2-13H2,1H3,(H,14,15,16);/q;+1. The van der Waals surface area contributed by atoms with Crippen molar-refractivity contribution in [3.05, 3.63) is 0 Å². The largest absolute Gasteiger partial charge is 1.00 e. The summed E-state index contributed by atoms with van der Waals surface area (Å²) in [4.78, 5) is 0. The van der Waals surface area contributed by atoms with Crippen LogP contribution in [0.25, 0.3) is 0 Å². The molecule has 6 heteroatoms. The van der Waals surface area contributed by atoms with Crippen LogP contribution in [0.2, 0.25) is 0 Å². The average Bonchev–Trinajstić information content (AvgIpc) is 2.29. The van der Waals surface area contributed by atoms with Gasteiger partial charge in [-0.3, -0.25) is 4.55 Å². The van der Waals surface area contributed by atoms with Gasteiger partial charge in [-0.05, 0) is 6.42 Å². The first-order chi connectivity index (χ1) is 8.56. The first-order valence-electron chi connectivity index (χ1n) is 7.18. The van der Waals surface area contributed by atoms with E-state index in [1.807, 2.05) is 0 Å². The van der Waals surface area contributed by atoms with Crippen LogP contribution in [0, 0.1) is 0 Å². The minimum atomic E-state index is -4.24. The van der Waals surface area contributed by atoms with Crippen molar-refractivity contribution in [2.75, 3.05) is 6.61 Å². The fourth-order valence-corrected chi connectivity index (χ4v) is 2.26. The van der Waals surface area contributed by atoms with Gasteiger partial charge in [-0.1, -0.05) is 71.1 Å². The quantitative estimate of drug-likeness (QED) is 0.314. The van der Waals surface area contributed by atoms with Gasteiger partial charge in [0.25, 0.3) is 0 Å². The van der Waals surface area contributed by atoms with E-state index in [1.54, 1.807) is 0 Å². The Morgan fingerprint density at radius 3 is 1.53 bits per heavy atom. The van der Waals surface area contributed by atoms with E-state index in [1.165, 1.54) is 51.4 Å². The minimum absolute atomic E-state index is 0. The normalized spacial score (nSPS) is 11.3. The molecule has 0 amide bonds. The van der Waals surface area contributed by atoms with Crippen molar-refractivity contribution in [2.24, 2.45) is 0 Å². The van der Waals surface area contributed by atoms with Gasteiger partial charge in [0.1, 0.15) is 0 Å². The summed E-state index contributed by atoms with van der Waals surface area (Å²) < 4.78 is 33.1. The Hall–Kier alpha value is 1.51. The molecule has 0 saturated carbocycles. The number of hydrogen-bond donors (Lipinski definition) is 1. The average molecular weight is 320 g/mol. The fraction of sp³-hybridized carbons (Fsp3) is 1.00. The van der Waals surface area contributed by atoms with E-state index < -0.39 is 10.4 Å². The van der Waals surface area contributed by atoms with Crippen LogP contribution < -0.4 is 51.4 Å². The summed E-state index contributed by atoms with van der Waals surface area (Å²) >= 11 is 0. The molecule has 0 saturated heterocycles. The molecule has 110 valence electrons. The van der Waals surface area contributed by atoms with Gasteiger partial charge in [-0.25, -0.2) is 4.18 Å². The first kappa shape index (κ1) is 22.8. The maximum Gasteiger partial charge on any atom is 1.00 e. The van der Waals surface area contributed by atoms with Crippen LogP contribution in [0.1, 0.15) is 77.6 Å². The summed E-state index contributed by atoms with van der Waals surface area (Å²) in [6, 6.07) is 0. The summed E-state index contributed by atoms with van der Waals surface area (Å²) in [5, 5.41) is 0. The molecule has 0 atom stereocenters. The molecule has 0 spiro atoms. The molecule has 0 aromatic heterocycles. The molecule has 0 heterocycles. The summed E-state index contributed by atoms with van der Waals surface area (Å²) in [6.45, 7) is 2.32. The van der Waals surface area contributed by atoms with Gasteiger partial charge in [-0.15, -0.1) is 0 Å². The maximum atomic E-state index is 10.2. The zero-order valence-electron chi connectivity index (χ0n) is 12.6. The monoisotopic (exact) mass is 319 g/mol. The summed E-state index contributed by atoms with van der Waals surface area (Å²) in [7, 11) is -4.24. The molecular weight excluding hydrogens is 291 g/mol. The van der Waals surface area contributed by atoms with Crippen molar-refractivity contribution >= 4 is 10.4 Å². The molecule has 0 aromatic rings. The molecule has 0 fully saturated rings. The van der Waals surface area contributed by atoms with Crippen molar-refractivity contribution < 1.29 is 68.5 Å². The zero-order valence-corrected chi connectivity index (χ0v) is 16.5. The Morgan fingerprint density at radius 1 is 0.789 bits per heavy atom. The molecule has 1 N–H and O–H groups in total. The number of rotatable bonds is 13. The third-order valence-electron chi connectivity index (χ3n) is 2.98. The maximum absolute atomic E-state index is 10.2. The van der Waals surface area contributed by atoms with E-state index in [2.05, 4.69) is 11.1 Å². The Labute approximate surface area is 161 Å². The Balaban J connectivity index is 0. The van der Waals surface area contributed by atoms with Gasteiger partial charge in [0.05, 0.1) is 6.61 Å². The van der Waals surface area contributed by atoms with Gasteiger partial charge in [0.2, 0.25) is 0 Å². The van der Waals surface area contributed by atoms with Crippen LogP contribution in [-0.4, -0.2) is 19.6 Å². The predicted octanol–water partition coefficient (Wildman–Crippen LogP) is 1.12.